The van der Waals surface area contributed by atoms with Crippen molar-refractivity contribution in [2.45, 2.75) is 32.9 Å². The molecule has 2 aromatic heterocycles. The molecule has 4 rings (SSSR count). The van der Waals surface area contributed by atoms with Gasteiger partial charge in [-0.2, -0.15) is 10.2 Å². The zero-order valence-electron chi connectivity index (χ0n) is 16.3. The van der Waals surface area contributed by atoms with Crippen molar-refractivity contribution in [3.63, 3.8) is 0 Å². The number of thiazole rings is 1. The van der Waals surface area contributed by atoms with Crippen LogP contribution in [0.2, 0.25) is 0 Å². The maximum atomic E-state index is 12.8. The zero-order chi connectivity index (χ0) is 20.2. The predicted molar refractivity (Wildman–Crippen MR) is 110 cm³/mol. The number of hydrogen-bond donors (Lipinski definition) is 1. The lowest BCUT2D eigenvalue weighted by Crippen LogP contribution is -2.24. The lowest BCUT2D eigenvalue weighted by atomic mass is 10.1. The van der Waals surface area contributed by atoms with Crippen LogP contribution in [0.25, 0.3) is 10.6 Å². The van der Waals surface area contributed by atoms with Crippen molar-refractivity contribution in [3.05, 3.63) is 58.4 Å². The normalized spacial score (nSPS) is 16.0. The van der Waals surface area contributed by atoms with E-state index in [0.29, 0.717) is 36.8 Å². The summed E-state index contributed by atoms with van der Waals surface area (Å²) in [6.07, 6.45) is 2.67. The van der Waals surface area contributed by atoms with Gasteiger partial charge in [-0.05, 0) is 44.2 Å². The number of rotatable bonds is 6. The number of amides is 1. The Kier molecular flexibility index (Phi) is 5.82. The van der Waals surface area contributed by atoms with Crippen molar-refractivity contribution in [2.75, 3.05) is 13.2 Å². The number of aromatic nitrogens is 3. The highest BCUT2D eigenvalue weighted by molar-refractivity contribution is 7.14. The zero-order valence-corrected chi connectivity index (χ0v) is 17.2. The van der Waals surface area contributed by atoms with E-state index < -0.39 is 0 Å². The van der Waals surface area contributed by atoms with Gasteiger partial charge >= 0.3 is 0 Å². The Morgan fingerprint density at radius 1 is 1.28 bits per heavy atom. The largest absolute Gasteiger partial charge is 0.488 e. The second kappa shape index (κ2) is 8.67. The molecule has 0 saturated carbocycles. The molecule has 1 atom stereocenters. The van der Waals surface area contributed by atoms with E-state index in [1.54, 1.807) is 17.4 Å². The minimum absolute atomic E-state index is 0.00188. The number of carbonyl (C=O) groups is 1. The Bertz CT molecular complexity index is 997. The molecule has 3 heterocycles. The molecule has 1 N–H and O–H groups in total. The molecule has 0 spiro atoms. The van der Waals surface area contributed by atoms with Crippen molar-refractivity contribution in [3.8, 4) is 16.3 Å². The summed E-state index contributed by atoms with van der Waals surface area (Å²) in [5.74, 6) is 0.446. The quantitative estimate of drug-likeness (QED) is 0.671. The van der Waals surface area contributed by atoms with Crippen molar-refractivity contribution in [1.82, 2.24) is 20.5 Å². The number of nitrogens with zero attached hydrogens (tertiary/aromatic N) is 3. The van der Waals surface area contributed by atoms with Crippen LogP contribution in [0.3, 0.4) is 0 Å². The second-order valence-electron chi connectivity index (χ2n) is 6.97. The lowest BCUT2D eigenvalue weighted by Gasteiger charge is -2.14. The third-order valence-electron chi connectivity index (χ3n) is 4.51. The molecule has 0 unspecified atom stereocenters. The van der Waals surface area contributed by atoms with Crippen LogP contribution < -0.4 is 10.1 Å². The summed E-state index contributed by atoms with van der Waals surface area (Å²) in [6, 6.07) is 9.26. The molecule has 1 amide bonds. The third kappa shape index (κ3) is 4.96. The van der Waals surface area contributed by atoms with Crippen LogP contribution in [-0.2, 0) is 11.3 Å². The molecular weight excluding hydrogens is 388 g/mol. The number of carbonyl (C=O) groups excluding carboxylic acids is 1. The Hall–Kier alpha value is -2.84. The van der Waals surface area contributed by atoms with Gasteiger partial charge in [-0.3, -0.25) is 4.79 Å². The summed E-state index contributed by atoms with van der Waals surface area (Å²) in [5, 5.41) is 11.9. The summed E-state index contributed by atoms with van der Waals surface area (Å²) in [7, 11) is 0. The van der Waals surface area contributed by atoms with Crippen LogP contribution in [0.4, 0.5) is 0 Å². The molecule has 1 fully saturated rings. The van der Waals surface area contributed by atoms with Gasteiger partial charge in [-0.15, -0.1) is 11.3 Å². The highest BCUT2D eigenvalue weighted by atomic mass is 32.1. The van der Waals surface area contributed by atoms with Gasteiger partial charge < -0.3 is 14.8 Å². The highest BCUT2D eigenvalue weighted by Gasteiger charge is 2.19. The first kappa shape index (κ1) is 19.5. The highest BCUT2D eigenvalue weighted by Crippen LogP contribution is 2.30. The average Bonchev–Trinajstić information content (AvgIpc) is 3.39. The fourth-order valence-corrected chi connectivity index (χ4v) is 3.75. The minimum Gasteiger partial charge on any atom is -0.488 e. The van der Waals surface area contributed by atoms with Crippen molar-refractivity contribution < 1.29 is 14.3 Å². The molecular formula is C21H22N4O3S. The van der Waals surface area contributed by atoms with Crippen LogP contribution >= 0.6 is 11.3 Å². The summed E-state index contributed by atoms with van der Waals surface area (Å²) in [4.78, 5) is 18.4. The fourth-order valence-electron chi connectivity index (χ4n) is 3.00. The summed E-state index contributed by atoms with van der Waals surface area (Å²) < 4.78 is 11.5. The van der Waals surface area contributed by atoms with Crippen molar-refractivity contribution in [1.29, 1.82) is 0 Å². The molecule has 29 heavy (non-hydrogen) atoms. The lowest BCUT2D eigenvalue weighted by molar-refractivity contribution is 0.0949. The predicted octanol–water partition coefficient (Wildman–Crippen LogP) is 3.31. The molecule has 1 aliphatic rings. The Morgan fingerprint density at radius 3 is 2.86 bits per heavy atom. The standard InChI is InChI=1S/C21H22N4O3S/c1-13-3-4-17(25-24-13)11-22-20(26)15-7-16(21-23-10-14(2)29-21)9-19(8-15)28-18-5-6-27-12-18/h3-4,7-10,18H,5-6,11-12H2,1-2H3,(H,22,26)/t18-/m0/s1. The molecule has 150 valence electrons. The second-order valence-corrected chi connectivity index (χ2v) is 8.21. The number of hydrogen-bond acceptors (Lipinski definition) is 7. The molecule has 0 aliphatic carbocycles. The summed E-state index contributed by atoms with van der Waals surface area (Å²) in [5.41, 5.74) is 2.92. The van der Waals surface area contributed by atoms with Gasteiger partial charge in [0, 0.05) is 28.6 Å². The summed E-state index contributed by atoms with van der Waals surface area (Å²) >= 11 is 1.58. The van der Waals surface area contributed by atoms with Gasteiger partial charge in [0.2, 0.25) is 0 Å². The van der Waals surface area contributed by atoms with E-state index in [9.17, 15) is 4.79 Å². The molecule has 0 radical (unpaired) electrons. The molecule has 3 aromatic rings. The smallest absolute Gasteiger partial charge is 0.251 e. The maximum absolute atomic E-state index is 12.8. The molecule has 1 saturated heterocycles. The minimum atomic E-state index is -0.199. The number of ether oxygens (including phenoxy) is 2. The van der Waals surface area contributed by atoms with E-state index in [-0.39, 0.29) is 12.0 Å². The van der Waals surface area contributed by atoms with Crippen LogP contribution in [0.15, 0.2) is 36.5 Å². The first-order chi connectivity index (χ1) is 14.1. The van der Waals surface area contributed by atoms with E-state index in [4.69, 9.17) is 9.47 Å². The number of aryl methyl sites for hydroxylation is 2. The first-order valence-corrected chi connectivity index (χ1v) is 10.3. The van der Waals surface area contributed by atoms with E-state index >= 15 is 0 Å². The van der Waals surface area contributed by atoms with E-state index in [0.717, 1.165) is 27.6 Å². The van der Waals surface area contributed by atoms with Gasteiger partial charge in [0.25, 0.3) is 5.91 Å². The Balaban J connectivity index is 1.56. The van der Waals surface area contributed by atoms with Gasteiger partial charge in [0.05, 0.1) is 31.1 Å². The van der Waals surface area contributed by atoms with Gasteiger partial charge in [-0.25, -0.2) is 4.98 Å². The molecule has 1 aliphatic heterocycles. The molecule has 8 heteroatoms. The Labute approximate surface area is 173 Å². The van der Waals surface area contributed by atoms with Crippen LogP contribution in [-0.4, -0.2) is 40.4 Å². The van der Waals surface area contributed by atoms with Crippen LogP contribution in [0.1, 0.15) is 33.0 Å². The van der Waals surface area contributed by atoms with E-state index in [2.05, 4.69) is 20.5 Å². The van der Waals surface area contributed by atoms with Crippen LogP contribution in [0, 0.1) is 13.8 Å². The average molecular weight is 410 g/mol. The van der Waals surface area contributed by atoms with Crippen molar-refractivity contribution >= 4 is 17.2 Å². The summed E-state index contributed by atoms with van der Waals surface area (Å²) in [6.45, 7) is 5.44. The first-order valence-electron chi connectivity index (χ1n) is 9.46. The Morgan fingerprint density at radius 2 is 2.17 bits per heavy atom. The number of benzene rings is 1. The number of nitrogens with one attached hydrogen (secondary N) is 1. The van der Waals surface area contributed by atoms with Gasteiger partial charge in [0.15, 0.2) is 0 Å². The fraction of sp³-hybridized carbons (Fsp3) is 0.333. The van der Waals surface area contributed by atoms with Crippen LogP contribution in [0.5, 0.6) is 5.75 Å². The maximum Gasteiger partial charge on any atom is 0.251 e. The third-order valence-corrected chi connectivity index (χ3v) is 5.47. The van der Waals surface area contributed by atoms with Crippen molar-refractivity contribution in [2.24, 2.45) is 0 Å². The SMILES string of the molecule is Cc1ccc(CNC(=O)c2cc(O[C@H]3CCOC3)cc(-c3ncc(C)s3)c2)nn1. The monoisotopic (exact) mass is 410 g/mol. The van der Waals surface area contributed by atoms with Gasteiger partial charge in [0.1, 0.15) is 16.9 Å². The molecule has 1 aromatic carbocycles. The van der Waals surface area contributed by atoms with Gasteiger partial charge in [-0.1, -0.05) is 0 Å². The van der Waals surface area contributed by atoms with E-state index in [1.807, 2.05) is 44.3 Å². The molecule has 0 bridgehead atoms. The molecule has 7 nitrogen and oxygen atoms in total. The topological polar surface area (TPSA) is 86.2 Å². The van der Waals surface area contributed by atoms with E-state index in [1.165, 1.54) is 0 Å².